The van der Waals surface area contributed by atoms with E-state index >= 15 is 4.57 Å². The van der Waals surface area contributed by atoms with E-state index in [4.69, 9.17) is 27.9 Å². The van der Waals surface area contributed by atoms with Gasteiger partial charge in [-0.25, -0.2) is 4.79 Å². The fraction of sp³-hybridized carbons (Fsp3) is 0.100. The summed E-state index contributed by atoms with van der Waals surface area (Å²) in [6.07, 6.45) is 0. The van der Waals surface area contributed by atoms with Crippen molar-refractivity contribution < 1.29 is 14.1 Å². The predicted molar refractivity (Wildman–Crippen MR) is 154 cm³/mol. The number of rotatable bonds is 6. The number of ether oxygens (including phenoxy) is 1. The second-order valence-corrected chi connectivity index (χ2v) is 13.4. The molecular formula is C30H23Cl2O3PS. The largest absolute Gasteiger partial charge is 0.445 e. The third-order valence-electron chi connectivity index (χ3n) is 6.40. The van der Waals surface area contributed by atoms with Crippen LogP contribution in [0.1, 0.15) is 18.1 Å². The van der Waals surface area contributed by atoms with Crippen molar-refractivity contribution in [1.29, 1.82) is 0 Å². The van der Waals surface area contributed by atoms with Crippen molar-refractivity contribution in [3.63, 3.8) is 0 Å². The molecule has 186 valence electrons. The first-order valence-corrected chi connectivity index (χ1v) is 14.9. The van der Waals surface area contributed by atoms with Crippen molar-refractivity contribution in [2.75, 3.05) is 0 Å². The second-order valence-electron chi connectivity index (χ2n) is 8.89. The first kappa shape index (κ1) is 25.9. The molecule has 4 aromatic carbocycles. The van der Waals surface area contributed by atoms with Crippen molar-refractivity contribution >= 4 is 58.7 Å². The number of carbonyl (C=O) groups excluding carboxylic acids is 1. The number of aryl methyl sites for hydroxylation is 1. The summed E-state index contributed by atoms with van der Waals surface area (Å²) >= 11 is 14.7. The number of carbonyl (C=O) groups is 1. The molecule has 0 spiro atoms. The normalized spacial score (nSPS) is 17.7. The maximum absolute atomic E-state index is 15.5. The van der Waals surface area contributed by atoms with Gasteiger partial charge in [-0.15, -0.1) is 0 Å². The van der Waals surface area contributed by atoms with E-state index < -0.39 is 18.7 Å². The van der Waals surface area contributed by atoms with Crippen LogP contribution in [0.25, 0.3) is 0 Å². The Hall–Kier alpha value is -2.75. The van der Waals surface area contributed by atoms with Crippen LogP contribution in [0.15, 0.2) is 118 Å². The molecule has 3 nitrogen and oxygen atoms in total. The van der Waals surface area contributed by atoms with Gasteiger partial charge in [0.25, 0.3) is 0 Å². The monoisotopic (exact) mass is 564 g/mol. The molecule has 37 heavy (non-hydrogen) atoms. The summed E-state index contributed by atoms with van der Waals surface area (Å²) in [6.45, 7) is 3.85. The fourth-order valence-corrected chi connectivity index (χ4v) is 9.91. The number of thioether (sulfide) groups is 1. The van der Waals surface area contributed by atoms with Crippen LogP contribution >= 0.6 is 42.1 Å². The molecule has 0 radical (unpaired) electrons. The molecule has 0 saturated carbocycles. The number of hydrogen-bond acceptors (Lipinski definition) is 4. The fourth-order valence-electron chi connectivity index (χ4n) is 4.47. The first-order valence-electron chi connectivity index (χ1n) is 11.6. The Balaban J connectivity index is 1.87. The average Bonchev–Trinajstić information content (AvgIpc) is 3.16. The number of halogens is 2. The number of hydrogen-bond donors (Lipinski definition) is 0. The van der Waals surface area contributed by atoms with Gasteiger partial charge in [0.15, 0.2) is 12.7 Å². The molecule has 5 rings (SSSR count). The Labute approximate surface area is 230 Å². The van der Waals surface area contributed by atoms with Crippen LogP contribution in [0, 0.1) is 6.92 Å². The van der Waals surface area contributed by atoms with Gasteiger partial charge in [-0.2, -0.15) is 0 Å². The van der Waals surface area contributed by atoms with E-state index in [1.807, 2.05) is 68.4 Å². The minimum absolute atomic E-state index is 0.0885. The minimum Gasteiger partial charge on any atom is -0.445 e. The summed E-state index contributed by atoms with van der Waals surface area (Å²) in [5.74, 6) is -0.649. The van der Waals surface area contributed by atoms with Gasteiger partial charge < -0.3 is 9.30 Å². The molecule has 1 unspecified atom stereocenters. The third-order valence-corrected chi connectivity index (χ3v) is 12.0. The molecule has 1 heterocycles. The molecule has 4 aromatic rings. The lowest BCUT2D eigenvalue weighted by Crippen LogP contribution is -2.24. The zero-order chi connectivity index (χ0) is 26.2. The van der Waals surface area contributed by atoms with Crippen LogP contribution in [-0.4, -0.2) is 5.97 Å². The van der Waals surface area contributed by atoms with Gasteiger partial charge in [0.2, 0.25) is 0 Å². The van der Waals surface area contributed by atoms with Gasteiger partial charge in [-0.3, -0.25) is 0 Å². The van der Waals surface area contributed by atoms with E-state index in [-0.39, 0.29) is 5.31 Å². The summed E-state index contributed by atoms with van der Waals surface area (Å²) in [5, 5.41) is 1.36. The Morgan fingerprint density at radius 2 is 1.27 bits per heavy atom. The van der Waals surface area contributed by atoms with Crippen molar-refractivity contribution in [1.82, 2.24) is 0 Å². The topological polar surface area (TPSA) is 43.4 Å². The van der Waals surface area contributed by atoms with E-state index in [1.165, 1.54) is 11.8 Å². The molecule has 7 heteroatoms. The summed E-state index contributed by atoms with van der Waals surface area (Å²) < 4.78 is 21.6. The van der Waals surface area contributed by atoms with Gasteiger partial charge in [-0.1, -0.05) is 107 Å². The van der Waals surface area contributed by atoms with E-state index in [0.717, 1.165) is 16.0 Å². The van der Waals surface area contributed by atoms with Gasteiger partial charge in [0.1, 0.15) is 5.31 Å². The van der Waals surface area contributed by atoms with Crippen LogP contribution in [0.5, 0.6) is 0 Å². The molecular weight excluding hydrogens is 542 g/mol. The highest BCUT2D eigenvalue weighted by molar-refractivity contribution is 8.04. The molecule has 0 N–H and O–H groups in total. The Bertz CT molecular complexity index is 1520. The summed E-state index contributed by atoms with van der Waals surface area (Å²) in [4.78, 5) is 15.3. The summed E-state index contributed by atoms with van der Waals surface area (Å²) in [6, 6.07) is 31.2. The summed E-state index contributed by atoms with van der Waals surface area (Å²) in [7, 11) is -3.89. The van der Waals surface area contributed by atoms with E-state index in [1.54, 1.807) is 48.5 Å². The Morgan fingerprint density at radius 3 is 1.81 bits per heavy atom. The Kier molecular flexibility index (Phi) is 7.13. The van der Waals surface area contributed by atoms with Gasteiger partial charge in [0, 0.05) is 21.1 Å². The zero-order valence-corrected chi connectivity index (χ0v) is 23.4. The SMILES string of the molecule is Cc1ccc(SC2=C(P(=O)(c3ccccc3Cl)c3ccccc3Cl)C(=O)OC2(C)c2ccccc2)cc1. The molecule has 0 saturated heterocycles. The van der Waals surface area contributed by atoms with E-state index in [9.17, 15) is 4.79 Å². The molecule has 1 atom stereocenters. The van der Waals surface area contributed by atoms with Crippen LogP contribution in [0.2, 0.25) is 10.0 Å². The van der Waals surface area contributed by atoms with Gasteiger partial charge >= 0.3 is 5.97 Å². The van der Waals surface area contributed by atoms with Crippen molar-refractivity contribution in [2.24, 2.45) is 0 Å². The van der Waals surface area contributed by atoms with Crippen molar-refractivity contribution in [3.05, 3.63) is 135 Å². The van der Waals surface area contributed by atoms with Crippen molar-refractivity contribution in [2.45, 2.75) is 24.3 Å². The predicted octanol–water partition coefficient (Wildman–Crippen LogP) is 8.09. The highest BCUT2D eigenvalue weighted by atomic mass is 35.5. The Morgan fingerprint density at radius 1 is 0.757 bits per heavy atom. The van der Waals surface area contributed by atoms with Gasteiger partial charge in [-0.05, 0) is 50.2 Å². The lowest BCUT2D eigenvalue weighted by atomic mass is 9.96. The number of benzene rings is 4. The average molecular weight is 565 g/mol. The summed E-state index contributed by atoms with van der Waals surface area (Å²) in [5.41, 5.74) is 0.722. The third kappa shape index (κ3) is 4.57. The molecule has 1 aliphatic heterocycles. The minimum atomic E-state index is -3.89. The second kappa shape index (κ2) is 10.2. The van der Waals surface area contributed by atoms with Crippen LogP contribution in [0.4, 0.5) is 0 Å². The maximum atomic E-state index is 15.5. The van der Waals surface area contributed by atoms with E-state index in [0.29, 0.717) is 25.6 Å². The number of esters is 1. The van der Waals surface area contributed by atoms with E-state index in [2.05, 4.69) is 0 Å². The standard InChI is InChI=1S/C30H23Cl2O3PS/c1-20-16-18-22(19-17-20)37-28-27(29(33)35-30(28,2)21-10-4-3-5-11-21)36(34,25-14-8-6-12-23(25)31)26-15-9-7-13-24(26)32/h3-19H,1-2H3. The quantitative estimate of drug-likeness (QED) is 0.175. The molecule has 0 aromatic heterocycles. The van der Waals surface area contributed by atoms with Crippen molar-refractivity contribution in [3.8, 4) is 0 Å². The van der Waals surface area contributed by atoms with Crippen LogP contribution in [-0.2, 0) is 19.7 Å². The highest BCUT2D eigenvalue weighted by Crippen LogP contribution is 2.63. The van der Waals surface area contributed by atoms with Crippen LogP contribution in [0.3, 0.4) is 0 Å². The molecule has 1 aliphatic rings. The first-order chi connectivity index (χ1) is 17.7. The maximum Gasteiger partial charge on any atom is 0.344 e. The molecule has 0 amide bonds. The van der Waals surface area contributed by atoms with Gasteiger partial charge in [0.05, 0.1) is 15.0 Å². The molecule has 0 aliphatic carbocycles. The lowest BCUT2D eigenvalue weighted by Gasteiger charge is -2.27. The lowest BCUT2D eigenvalue weighted by molar-refractivity contribution is -0.145. The smallest absolute Gasteiger partial charge is 0.344 e. The van der Waals surface area contributed by atoms with Crippen LogP contribution < -0.4 is 10.6 Å². The molecule has 0 bridgehead atoms. The number of cyclic esters (lactones) is 1. The molecule has 0 fully saturated rings. The zero-order valence-electron chi connectivity index (χ0n) is 20.2. The highest BCUT2D eigenvalue weighted by Gasteiger charge is 2.53.